The lowest BCUT2D eigenvalue weighted by atomic mass is 10.1. The van der Waals surface area contributed by atoms with E-state index >= 15 is 0 Å². The Morgan fingerprint density at radius 1 is 0.864 bits per heavy atom. The molecule has 3 nitrogen and oxygen atoms in total. The van der Waals surface area contributed by atoms with E-state index in [2.05, 4.69) is 0 Å². The van der Waals surface area contributed by atoms with Crippen LogP contribution in [0.15, 0.2) is 62.2 Å². The van der Waals surface area contributed by atoms with Gasteiger partial charge in [-0.1, -0.05) is 24.3 Å². The third-order valence-electron chi connectivity index (χ3n) is 3.90. The van der Waals surface area contributed by atoms with E-state index in [0.29, 0.717) is 28.1 Å². The summed E-state index contributed by atoms with van der Waals surface area (Å²) in [5.41, 5.74) is 2.87. The monoisotopic (exact) mass is 290 g/mol. The molecule has 0 spiro atoms. The number of benzene rings is 2. The molecule has 0 saturated carbocycles. The Labute approximate surface area is 126 Å². The normalized spacial score (nSPS) is 11.4. The van der Waals surface area contributed by atoms with Crippen molar-refractivity contribution in [2.45, 2.75) is 13.8 Å². The molecule has 4 rings (SSSR count). The molecule has 0 aliphatic rings. The summed E-state index contributed by atoms with van der Waals surface area (Å²) in [6, 6.07) is 15.2. The van der Waals surface area contributed by atoms with Crippen LogP contribution < -0.4 is 5.43 Å². The first-order chi connectivity index (χ1) is 10.6. The van der Waals surface area contributed by atoms with Crippen molar-refractivity contribution in [1.82, 2.24) is 0 Å². The molecule has 22 heavy (non-hydrogen) atoms. The van der Waals surface area contributed by atoms with Crippen molar-refractivity contribution in [3.63, 3.8) is 0 Å². The Hall–Kier alpha value is -2.81. The first-order valence-electron chi connectivity index (χ1n) is 7.16. The minimum atomic E-state index is -0.0576. The molecule has 2 aromatic heterocycles. The molecule has 3 heteroatoms. The average molecular weight is 290 g/mol. The SMILES string of the molecule is Cc1ccc2c(=O)c(-c3cc4ccccc4o3)c(C)oc2c1. The van der Waals surface area contributed by atoms with Gasteiger partial charge in [0.05, 0.1) is 5.39 Å². The molecule has 0 aliphatic carbocycles. The van der Waals surface area contributed by atoms with E-state index in [1.165, 1.54) is 0 Å². The first kappa shape index (κ1) is 12.9. The van der Waals surface area contributed by atoms with E-state index in [4.69, 9.17) is 8.83 Å². The van der Waals surface area contributed by atoms with Gasteiger partial charge in [0.15, 0.2) is 0 Å². The fourth-order valence-electron chi connectivity index (χ4n) is 2.80. The van der Waals surface area contributed by atoms with E-state index in [-0.39, 0.29) is 5.43 Å². The maximum atomic E-state index is 12.8. The van der Waals surface area contributed by atoms with Gasteiger partial charge in [-0.25, -0.2) is 0 Å². The third-order valence-corrected chi connectivity index (χ3v) is 3.90. The molecule has 0 N–H and O–H groups in total. The second kappa shape index (κ2) is 4.60. The number of para-hydroxylation sites is 1. The van der Waals surface area contributed by atoms with Crippen LogP contribution in [0.3, 0.4) is 0 Å². The van der Waals surface area contributed by atoms with Gasteiger partial charge in [0.25, 0.3) is 0 Å². The molecule has 0 amide bonds. The zero-order chi connectivity index (χ0) is 15.3. The standard InChI is InChI=1S/C19H14O3/c1-11-7-8-14-16(9-11)21-12(2)18(19(14)20)17-10-13-5-3-4-6-15(13)22-17/h3-10H,1-2H3. The molecule has 0 radical (unpaired) electrons. The van der Waals surface area contributed by atoms with Crippen LogP contribution in [0.1, 0.15) is 11.3 Å². The maximum absolute atomic E-state index is 12.8. The molecule has 2 aromatic carbocycles. The number of hydrogen-bond acceptors (Lipinski definition) is 3. The summed E-state index contributed by atoms with van der Waals surface area (Å²) in [7, 11) is 0. The molecule has 0 fully saturated rings. The smallest absolute Gasteiger partial charge is 0.203 e. The highest BCUT2D eigenvalue weighted by Crippen LogP contribution is 2.29. The van der Waals surface area contributed by atoms with Crippen molar-refractivity contribution in [2.24, 2.45) is 0 Å². The van der Waals surface area contributed by atoms with E-state index in [1.807, 2.05) is 55.5 Å². The molecule has 0 unspecified atom stereocenters. The Bertz CT molecular complexity index is 1030. The Morgan fingerprint density at radius 2 is 1.68 bits per heavy atom. The Kier molecular flexibility index (Phi) is 2.70. The van der Waals surface area contributed by atoms with Crippen molar-refractivity contribution in [3.05, 3.63) is 70.1 Å². The van der Waals surface area contributed by atoms with Crippen LogP contribution in [0, 0.1) is 13.8 Å². The zero-order valence-corrected chi connectivity index (χ0v) is 12.3. The third kappa shape index (κ3) is 1.86. The topological polar surface area (TPSA) is 43.4 Å². The highest BCUT2D eigenvalue weighted by atomic mass is 16.3. The molecular weight excluding hydrogens is 276 g/mol. The summed E-state index contributed by atoms with van der Waals surface area (Å²) in [5.74, 6) is 1.12. The molecule has 0 bridgehead atoms. The van der Waals surface area contributed by atoms with Crippen LogP contribution in [-0.4, -0.2) is 0 Å². The molecule has 0 atom stereocenters. The van der Waals surface area contributed by atoms with Gasteiger partial charge >= 0.3 is 0 Å². The molecular formula is C19H14O3. The van der Waals surface area contributed by atoms with Gasteiger partial charge < -0.3 is 8.83 Å². The van der Waals surface area contributed by atoms with E-state index in [0.717, 1.165) is 16.5 Å². The average Bonchev–Trinajstić information content (AvgIpc) is 2.90. The van der Waals surface area contributed by atoms with Crippen LogP contribution in [0.25, 0.3) is 33.3 Å². The largest absolute Gasteiger partial charge is 0.460 e. The van der Waals surface area contributed by atoms with E-state index in [1.54, 1.807) is 6.92 Å². The van der Waals surface area contributed by atoms with Gasteiger partial charge in [0, 0.05) is 5.39 Å². The van der Waals surface area contributed by atoms with Crippen molar-refractivity contribution < 1.29 is 8.83 Å². The number of fused-ring (bicyclic) bond motifs is 2. The summed E-state index contributed by atoms with van der Waals surface area (Å²) in [5, 5.41) is 1.55. The molecule has 4 aromatic rings. The van der Waals surface area contributed by atoms with Crippen LogP contribution in [0.2, 0.25) is 0 Å². The fraction of sp³-hybridized carbons (Fsp3) is 0.105. The first-order valence-corrected chi connectivity index (χ1v) is 7.16. The summed E-state index contributed by atoms with van der Waals surface area (Å²) >= 11 is 0. The lowest BCUT2D eigenvalue weighted by Crippen LogP contribution is -2.07. The second-order valence-corrected chi connectivity index (χ2v) is 5.51. The highest BCUT2D eigenvalue weighted by Gasteiger charge is 2.17. The number of hydrogen-bond donors (Lipinski definition) is 0. The summed E-state index contributed by atoms with van der Waals surface area (Å²) in [6.45, 7) is 3.77. The molecule has 2 heterocycles. The Balaban J connectivity index is 2.06. The van der Waals surface area contributed by atoms with Gasteiger partial charge in [-0.3, -0.25) is 4.79 Å². The van der Waals surface area contributed by atoms with E-state index in [9.17, 15) is 4.79 Å². The predicted octanol–water partition coefficient (Wildman–Crippen LogP) is 4.82. The van der Waals surface area contributed by atoms with Crippen molar-refractivity contribution in [1.29, 1.82) is 0 Å². The number of rotatable bonds is 1. The van der Waals surface area contributed by atoms with Crippen LogP contribution in [-0.2, 0) is 0 Å². The maximum Gasteiger partial charge on any atom is 0.203 e. The molecule has 0 aliphatic heterocycles. The second-order valence-electron chi connectivity index (χ2n) is 5.51. The van der Waals surface area contributed by atoms with Gasteiger partial charge in [0.2, 0.25) is 5.43 Å². The number of furan rings is 1. The molecule has 108 valence electrons. The van der Waals surface area contributed by atoms with E-state index < -0.39 is 0 Å². The minimum Gasteiger partial charge on any atom is -0.460 e. The summed E-state index contributed by atoms with van der Waals surface area (Å²) in [4.78, 5) is 12.8. The van der Waals surface area contributed by atoms with Crippen molar-refractivity contribution in [3.8, 4) is 11.3 Å². The fourth-order valence-corrected chi connectivity index (χ4v) is 2.80. The predicted molar refractivity (Wildman–Crippen MR) is 87.2 cm³/mol. The summed E-state index contributed by atoms with van der Waals surface area (Å²) in [6.07, 6.45) is 0. The van der Waals surface area contributed by atoms with Crippen LogP contribution >= 0.6 is 0 Å². The number of aryl methyl sites for hydroxylation is 2. The van der Waals surface area contributed by atoms with Crippen molar-refractivity contribution >= 4 is 21.9 Å². The van der Waals surface area contributed by atoms with Crippen LogP contribution in [0.4, 0.5) is 0 Å². The Morgan fingerprint density at radius 3 is 2.50 bits per heavy atom. The highest BCUT2D eigenvalue weighted by molar-refractivity contribution is 5.86. The van der Waals surface area contributed by atoms with Crippen molar-refractivity contribution in [2.75, 3.05) is 0 Å². The molecule has 0 saturated heterocycles. The zero-order valence-electron chi connectivity index (χ0n) is 12.3. The lowest BCUT2D eigenvalue weighted by Gasteiger charge is -2.05. The van der Waals surface area contributed by atoms with Gasteiger partial charge in [-0.15, -0.1) is 0 Å². The van der Waals surface area contributed by atoms with Gasteiger partial charge in [0.1, 0.15) is 28.2 Å². The van der Waals surface area contributed by atoms with Crippen LogP contribution in [0.5, 0.6) is 0 Å². The summed E-state index contributed by atoms with van der Waals surface area (Å²) < 4.78 is 11.7. The lowest BCUT2D eigenvalue weighted by molar-refractivity contribution is 0.559. The van der Waals surface area contributed by atoms with Gasteiger partial charge in [-0.05, 0) is 43.7 Å². The quantitative estimate of drug-likeness (QED) is 0.504. The minimum absolute atomic E-state index is 0.0576. The van der Waals surface area contributed by atoms with Gasteiger partial charge in [-0.2, -0.15) is 0 Å².